The fourth-order valence-corrected chi connectivity index (χ4v) is 4.65. The summed E-state index contributed by atoms with van der Waals surface area (Å²) in [4.78, 5) is 15.9. The van der Waals surface area contributed by atoms with Gasteiger partial charge in [0.1, 0.15) is 22.7 Å². The number of nitrogens with one attached hydrogen (secondary N) is 2. The summed E-state index contributed by atoms with van der Waals surface area (Å²) in [5.41, 5.74) is 2.86. The number of hydrogen-bond acceptors (Lipinski definition) is 7. The largest absolute Gasteiger partial charge is 0.479 e. The number of thiophene rings is 1. The van der Waals surface area contributed by atoms with Gasteiger partial charge in [0.2, 0.25) is 5.88 Å². The van der Waals surface area contributed by atoms with Gasteiger partial charge < -0.3 is 10.1 Å². The van der Waals surface area contributed by atoms with E-state index in [1.165, 1.54) is 23.3 Å². The van der Waals surface area contributed by atoms with Crippen LogP contribution in [-0.4, -0.2) is 32.3 Å². The highest BCUT2D eigenvalue weighted by Crippen LogP contribution is 2.39. The number of methoxy groups -OCH3 is 1. The number of rotatable bonds is 3. The van der Waals surface area contributed by atoms with Gasteiger partial charge in [-0.15, -0.1) is 11.3 Å². The lowest BCUT2D eigenvalue weighted by Crippen LogP contribution is -2.02. The molecular formula is C17H16N6OS. The fourth-order valence-electron chi connectivity index (χ4n) is 3.42. The third-order valence-corrected chi connectivity index (χ3v) is 5.79. The molecular weight excluding hydrogens is 336 g/mol. The molecule has 0 amide bonds. The maximum atomic E-state index is 5.44. The van der Waals surface area contributed by atoms with Crippen LogP contribution < -0.4 is 10.1 Å². The van der Waals surface area contributed by atoms with E-state index < -0.39 is 0 Å². The van der Waals surface area contributed by atoms with Crippen LogP contribution in [0.15, 0.2) is 18.6 Å². The molecule has 0 radical (unpaired) electrons. The highest BCUT2D eigenvalue weighted by molar-refractivity contribution is 7.19. The number of nitrogens with zero attached hydrogens (tertiary/aromatic N) is 4. The smallest absolute Gasteiger partial charge is 0.239 e. The number of aromatic nitrogens is 5. The monoisotopic (exact) mass is 352 g/mol. The van der Waals surface area contributed by atoms with Gasteiger partial charge in [0.15, 0.2) is 5.65 Å². The molecule has 0 aliphatic heterocycles. The number of fused-ring (bicyclic) bond motifs is 4. The van der Waals surface area contributed by atoms with Crippen molar-refractivity contribution in [3.63, 3.8) is 0 Å². The van der Waals surface area contributed by atoms with Gasteiger partial charge in [-0.1, -0.05) is 0 Å². The maximum Gasteiger partial charge on any atom is 0.239 e. The first-order valence-corrected chi connectivity index (χ1v) is 9.05. The van der Waals surface area contributed by atoms with E-state index in [2.05, 4.69) is 30.5 Å². The van der Waals surface area contributed by atoms with E-state index in [0.717, 1.165) is 39.9 Å². The molecule has 1 aliphatic carbocycles. The van der Waals surface area contributed by atoms with Gasteiger partial charge in [0.25, 0.3) is 0 Å². The topological polar surface area (TPSA) is 88.6 Å². The molecule has 5 rings (SSSR count). The first kappa shape index (κ1) is 14.6. The van der Waals surface area contributed by atoms with E-state index in [9.17, 15) is 0 Å². The second kappa shape index (κ2) is 5.66. The van der Waals surface area contributed by atoms with Gasteiger partial charge in [-0.25, -0.2) is 9.97 Å². The van der Waals surface area contributed by atoms with Crippen molar-refractivity contribution < 1.29 is 4.74 Å². The predicted molar refractivity (Wildman–Crippen MR) is 97.8 cm³/mol. The molecule has 0 unspecified atom stereocenters. The SMILES string of the molecule is COc1nc2[nH]ncc2cc1Nc1ncnc2sc3c(c12)CCCC3. The summed E-state index contributed by atoms with van der Waals surface area (Å²) in [6.07, 6.45) is 8.07. The Hall–Kier alpha value is -2.74. The lowest BCUT2D eigenvalue weighted by Gasteiger charge is -2.13. The molecule has 7 nitrogen and oxygen atoms in total. The number of anilines is 2. The number of pyridine rings is 1. The molecule has 4 aromatic rings. The minimum Gasteiger partial charge on any atom is -0.479 e. The van der Waals surface area contributed by atoms with Gasteiger partial charge in [0, 0.05) is 10.3 Å². The second-order valence-corrected chi connectivity index (χ2v) is 7.17. The lowest BCUT2D eigenvalue weighted by atomic mass is 9.97. The molecule has 8 heteroatoms. The molecule has 4 heterocycles. The van der Waals surface area contributed by atoms with Crippen LogP contribution in [0, 0.1) is 0 Å². The summed E-state index contributed by atoms with van der Waals surface area (Å²) in [5.74, 6) is 1.32. The molecule has 0 atom stereocenters. The van der Waals surface area contributed by atoms with Crippen LogP contribution in [0.4, 0.5) is 11.5 Å². The third-order valence-electron chi connectivity index (χ3n) is 4.59. The van der Waals surface area contributed by atoms with Crippen molar-refractivity contribution in [2.75, 3.05) is 12.4 Å². The first-order chi connectivity index (χ1) is 12.3. The predicted octanol–water partition coefficient (Wildman–Crippen LogP) is 3.59. The minimum absolute atomic E-state index is 0.507. The normalized spacial score (nSPS) is 14.0. The van der Waals surface area contributed by atoms with Crippen LogP contribution >= 0.6 is 11.3 Å². The average molecular weight is 352 g/mol. The minimum atomic E-state index is 0.507. The summed E-state index contributed by atoms with van der Waals surface area (Å²) >= 11 is 1.79. The van der Waals surface area contributed by atoms with Gasteiger partial charge in [-0.3, -0.25) is 5.10 Å². The van der Waals surface area contributed by atoms with Crippen LogP contribution in [-0.2, 0) is 12.8 Å². The van der Waals surface area contributed by atoms with E-state index >= 15 is 0 Å². The second-order valence-electron chi connectivity index (χ2n) is 6.09. The Labute approximate surface area is 147 Å². The molecule has 1 aliphatic rings. The van der Waals surface area contributed by atoms with Gasteiger partial charge in [-0.05, 0) is 37.3 Å². The quantitative estimate of drug-likeness (QED) is 0.586. The van der Waals surface area contributed by atoms with Crippen molar-refractivity contribution in [1.29, 1.82) is 0 Å². The Bertz CT molecular complexity index is 1090. The number of aryl methyl sites for hydroxylation is 2. The van der Waals surface area contributed by atoms with Crippen molar-refractivity contribution in [3.8, 4) is 5.88 Å². The van der Waals surface area contributed by atoms with E-state index in [-0.39, 0.29) is 0 Å². The Morgan fingerprint density at radius 1 is 1.24 bits per heavy atom. The number of H-pyrrole nitrogens is 1. The molecule has 25 heavy (non-hydrogen) atoms. The summed E-state index contributed by atoms with van der Waals surface area (Å²) in [7, 11) is 1.61. The highest BCUT2D eigenvalue weighted by atomic mass is 32.1. The van der Waals surface area contributed by atoms with E-state index in [1.54, 1.807) is 31.0 Å². The summed E-state index contributed by atoms with van der Waals surface area (Å²) < 4.78 is 5.44. The maximum absolute atomic E-state index is 5.44. The Balaban J connectivity index is 1.66. The van der Waals surface area contributed by atoms with Crippen molar-refractivity contribution in [3.05, 3.63) is 29.0 Å². The molecule has 0 bridgehead atoms. The first-order valence-electron chi connectivity index (χ1n) is 8.24. The number of aromatic amines is 1. The summed E-state index contributed by atoms with van der Waals surface area (Å²) in [5, 5.41) is 12.4. The zero-order chi connectivity index (χ0) is 16.8. The van der Waals surface area contributed by atoms with E-state index in [0.29, 0.717) is 11.5 Å². The highest BCUT2D eigenvalue weighted by Gasteiger charge is 2.20. The van der Waals surface area contributed by atoms with Crippen molar-refractivity contribution in [2.24, 2.45) is 0 Å². The Kier molecular flexibility index (Phi) is 3.30. The summed E-state index contributed by atoms with van der Waals surface area (Å²) in [6, 6.07) is 1.97. The molecule has 0 fully saturated rings. The van der Waals surface area contributed by atoms with Gasteiger partial charge in [-0.2, -0.15) is 10.1 Å². The third kappa shape index (κ3) is 2.32. The average Bonchev–Trinajstić information content (AvgIpc) is 3.24. The fraction of sp³-hybridized carbons (Fsp3) is 0.294. The molecule has 126 valence electrons. The van der Waals surface area contributed by atoms with Crippen LogP contribution in [0.1, 0.15) is 23.3 Å². The molecule has 4 aromatic heterocycles. The van der Waals surface area contributed by atoms with Gasteiger partial charge >= 0.3 is 0 Å². The molecule has 0 aromatic carbocycles. The molecule has 0 saturated heterocycles. The number of ether oxygens (including phenoxy) is 1. The summed E-state index contributed by atoms with van der Waals surface area (Å²) in [6.45, 7) is 0. The molecule has 2 N–H and O–H groups in total. The Morgan fingerprint density at radius 3 is 3.08 bits per heavy atom. The van der Waals surface area contributed by atoms with Crippen LogP contribution in [0.5, 0.6) is 5.88 Å². The zero-order valence-corrected chi connectivity index (χ0v) is 14.5. The van der Waals surface area contributed by atoms with E-state index in [1.807, 2.05) is 6.07 Å². The lowest BCUT2D eigenvalue weighted by molar-refractivity contribution is 0.401. The van der Waals surface area contributed by atoms with Crippen LogP contribution in [0.2, 0.25) is 0 Å². The molecule has 0 spiro atoms. The van der Waals surface area contributed by atoms with Crippen molar-refractivity contribution in [2.45, 2.75) is 25.7 Å². The van der Waals surface area contributed by atoms with Crippen molar-refractivity contribution in [1.82, 2.24) is 25.1 Å². The number of hydrogen-bond donors (Lipinski definition) is 2. The van der Waals surface area contributed by atoms with E-state index in [4.69, 9.17) is 4.74 Å². The van der Waals surface area contributed by atoms with Crippen LogP contribution in [0.3, 0.4) is 0 Å². The zero-order valence-electron chi connectivity index (χ0n) is 13.7. The standard InChI is InChI=1S/C17H16N6OS/c1-24-16-11(6-9-7-20-23-14(9)22-16)21-15-13-10-4-2-3-5-12(10)25-17(13)19-8-18-15/h6-8H,2-5H2,1H3,(H,18,19,21)(H,20,22,23). The van der Waals surface area contributed by atoms with Gasteiger partial charge in [0.05, 0.1) is 18.7 Å². The molecule has 0 saturated carbocycles. The van der Waals surface area contributed by atoms with Crippen LogP contribution in [0.25, 0.3) is 21.3 Å². The Morgan fingerprint density at radius 2 is 2.16 bits per heavy atom. The van der Waals surface area contributed by atoms with Crippen molar-refractivity contribution >= 4 is 44.1 Å².